The normalized spacial score (nSPS) is 11.4. The number of rotatable bonds is 12. The fourth-order valence-electron chi connectivity index (χ4n) is 3.53. The van der Waals surface area contributed by atoms with Gasteiger partial charge in [0.15, 0.2) is 0 Å². The van der Waals surface area contributed by atoms with Gasteiger partial charge >= 0.3 is 0 Å². The Morgan fingerprint density at radius 1 is 0.939 bits per heavy atom. The molecule has 0 saturated heterocycles. The van der Waals surface area contributed by atoms with Crippen LogP contribution in [0.3, 0.4) is 0 Å². The third-order valence-corrected chi connectivity index (χ3v) is 5.60. The van der Waals surface area contributed by atoms with E-state index in [0.29, 0.717) is 34.6 Å². The van der Waals surface area contributed by atoms with Crippen molar-refractivity contribution in [2.75, 3.05) is 13.2 Å². The molecule has 2 aromatic carbocycles. The SMILES string of the molecule is CC(C)N(C(=O)c1c(Cl)cc(OCCCCCOc2ccc(C=NN)cc2)cc1Cl)C(C)C. The van der Waals surface area contributed by atoms with E-state index in [1.54, 1.807) is 23.2 Å². The molecule has 0 spiro atoms. The van der Waals surface area contributed by atoms with Gasteiger partial charge in [0.1, 0.15) is 11.5 Å². The van der Waals surface area contributed by atoms with Gasteiger partial charge in [-0.3, -0.25) is 4.79 Å². The Labute approximate surface area is 206 Å². The van der Waals surface area contributed by atoms with Crippen molar-refractivity contribution in [1.82, 2.24) is 4.90 Å². The second-order valence-corrected chi connectivity index (χ2v) is 9.08. The van der Waals surface area contributed by atoms with E-state index in [1.165, 1.54) is 0 Å². The Bertz CT molecular complexity index is 900. The van der Waals surface area contributed by atoms with E-state index in [1.807, 2.05) is 52.0 Å². The minimum Gasteiger partial charge on any atom is -0.494 e. The molecule has 8 heteroatoms. The number of nitrogens with two attached hydrogens (primary N) is 1. The van der Waals surface area contributed by atoms with Crippen LogP contribution in [-0.2, 0) is 0 Å². The summed E-state index contributed by atoms with van der Waals surface area (Å²) < 4.78 is 11.5. The molecule has 6 nitrogen and oxygen atoms in total. The molecule has 0 aromatic heterocycles. The Kier molecular flexibility index (Phi) is 10.8. The van der Waals surface area contributed by atoms with E-state index in [2.05, 4.69) is 5.10 Å². The summed E-state index contributed by atoms with van der Waals surface area (Å²) >= 11 is 12.8. The molecule has 1 amide bonds. The van der Waals surface area contributed by atoms with E-state index in [4.69, 9.17) is 38.5 Å². The van der Waals surface area contributed by atoms with Gasteiger partial charge < -0.3 is 20.2 Å². The first kappa shape index (κ1) is 26.8. The minimum atomic E-state index is -0.177. The van der Waals surface area contributed by atoms with Crippen molar-refractivity contribution in [3.8, 4) is 11.5 Å². The summed E-state index contributed by atoms with van der Waals surface area (Å²) in [6.07, 6.45) is 4.30. The fourth-order valence-corrected chi connectivity index (χ4v) is 4.16. The third kappa shape index (κ3) is 8.13. The number of hydrogen-bond donors (Lipinski definition) is 1. The van der Waals surface area contributed by atoms with Crippen molar-refractivity contribution < 1.29 is 14.3 Å². The molecule has 0 unspecified atom stereocenters. The topological polar surface area (TPSA) is 77.2 Å². The van der Waals surface area contributed by atoms with Gasteiger partial charge in [0.25, 0.3) is 5.91 Å². The zero-order chi connectivity index (χ0) is 24.4. The van der Waals surface area contributed by atoms with Crippen LogP contribution in [0.5, 0.6) is 11.5 Å². The smallest absolute Gasteiger partial charge is 0.257 e. The number of benzene rings is 2. The van der Waals surface area contributed by atoms with Gasteiger partial charge in [0.05, 0.1) is 35.0 Å². The van der Waals surface area contributed by atoms with Crippen LogP contribution in [0.4, 0.5) is 0 Å². The first-order valence-corrected chi connectivity index (χ1v) is 11.9. The number of carbonyl (C=O) groups excluding carboxylic acids is 1. The van der Waals surface area contributed by atoms with Gasteiger partial charge in [0.2, 0.25) is 0 Å². The highest BCUT2D eigenvalue weighted by Gasteiger charge is 2.26. The number of carbonyl (C=O) groups is 1. The highest BCUT2D eigenvalue weighted by molar-refractivity contribution is 6.39. The maximum absolute atomic E-state index is 13.0. The summed E-state index contributed by atoms with van der Waals surface area (Å²) in [5.74, 6) is 6.33. The average Bonchev–Trinajstić information content (AvgIpc) is 2.73. The van der Waals surface area contributed by atoms with Crippen LogP contribution in [-0.4, -0.2) is 42.3 Å². The van der Waals surface area contributed by atoms with Crippen molar-refractivity contribution in [1.29, 1.82) is 0 Å². The van der Waals surface area contributed by atoms with Crippen molar-refractivity contribution in [3.63, 3.8) is 0 Å². The van der Waals surface area contributed by atoms with Crippen LogP contribution in [0.15, 0.2) is 41.5 Å². The molecule has 0 aliphatic heterocycles. The molecule has 0 saturated carbocycles. The van der Waals surface area contributed by atoms with Crippen LogP contribution >= 0.6 is 23.2 Å². The van der Waals surface area contributed by atoms with E-state index >= 15 is 0 Å². The molecule has 0 aliphatic rings. The number of nitrogens with zero attached hydrogens (tertiary/aromatic N) is 2. The Hall–Kier alpha value is -2.44. The zero-order valence-corrected chi connectivity index (χ0v) is 21.2. The molecule has 180 valence electrons. The molecule has 0 bridgehead atoms. The lowest BCUT2D eigenvalue weighted by Gasteiger charge is -2.31. The lowest BCUT2D eigenvalue weighted by Crippen LogP contribution is -2.42. The van der Waals surface area contributed by atoms with Gasteiger partial charge in [-0.25, -0.2) is 0 Å². The van der Waals surface area contributed by atoms with Crippen LogP contribution in [0.1, 0.15) is 62.9 Å². The second kappa shape index (κ2) is 13.3. The molecular formula is C25H33Cl2N3O3. The molecule has 0 heterocycles. The lowest BCUT2D eigenvalue weighted by atomic mass is 10.1. The number of hydrazone groups is 1. The predicted molar refractivity (Wildman–Crippen MR) is 136 cm³/mol. The van der Waals surface area contributed by atoms with E-state index in [0.717, 1.165) is 30.6 Å². The maximum Gasteiger partial charge on any atom is 0.257 e. The molecule has 33 heavy (non-hydrogen) atoms. The Balaban J connectivity index is 1.78. The van der Waals surface area contributed by atoms with Crippen molar-refractivity contribution in [2.24, 2.45) is 10.9 Å². The molecule has 2 aromatic rings. The second-order valence-electron chi connectivity index (χ2n) is 8.27. The Morgan fingerprint density at radius 3 is 1.94 bits per heavy atom. The number of halogens is 2. The first-order chi connectivity index (χ1) is 15.7. The Morgan fingerprint density at radius 2 is 1.45 bits per heavy atom. The fraction of sp³-hybridized carbons (Fsp3) is 0.440. The van der Waals surface area contributed by atoms with E-state index < -0.39 is 0 Å². The molecule has 0 atom stereocenters. The van der Waals surface area contributed by atoms with E-state index in [-0.39, 0.29) is 18.0 Å². The van der Waals surface area contributed by atoms with Crippen LogP contribution in [0, 0.1) is 0 Å². The van der Waals surface area contributed by atoms with Gasteiger partial charge in [-0.05, 0) is 88.9 Å². The summed E-state index contributed by atoms with van der Waals surface area (Å²) in [7, 11) is 0. The quantitative estimate of drug-likeness (QED) is 0.166. The zero-order valence-electron chi connectivity index (χ0n) is 19.7. The molecule has 0 aliphatic carbocycles. The third-order valence-electron chi connectivity index (χ3n) is 5.01. The van der Waals surface area contributed by atoms with Gasteiger partial charge in [0, 0.05) is 12.1 Å². The summed E-state index contributed by atoms with van der Waals surface area (Å²) in [5, 5.41) is 4.09. The van der Waals surface area contributed by atoms with Crippen molar-refractivity contribution >= 4 is 35.3 Å². The van der Waals surface area contributed by atoms with Gasteiger partial charge in [-0.2, -0.15) is 5.10 Å². The molecule has 0 radical (unpaired) electrons. The van der Waals surface area contributed by atoms with Crippen LogP contribution in [0.25, 0.3) is 0 Å². The number of ether oxygens (including phenoxy) is 2. The van der Waals surface area contributed by atoms with E-state index in [9.17, 15) is 4.79 Å². The lowest BCUT2D eigenvalue weighted by molar-refractivity contribution is 0.0644. The highest BCUT2D eigenvalue weighted by atomic mass is 35.5. The standard InChI is InChI=1S/C25H33Cl2N3O3/c1-17(2)30(18(3)4)25(31)24-22(26)14-21(15-23(24)27)33-13-7-5-6-12-32-20-10-8-19(9-11-20)16-29-28/h8-11,14-18H,5-7,12-13,28H2,1-4H3. The largest absolute Gasteiger partial charge is 0.494 e. The summed E-state index contributed by atoms with van der Waals surface area (Å²) in [4.78, 5) is 14.7. The average molecular weight is 494 g/mol. The van der Waals surface area contributed by atoms with Crippen molar-refractivity contribution in [3.05, 3.63) is 57.6 Å². The number of hydrogen-bond acceptors (Lipinski definition) is 5. The number of amides is 1. The van der Waals surface area contributed by atoms with Crippen molar-refractivity contribution in [2.45, 2.75) is 59.0 Å². The maximum atomic E-state index is 13.0. The minimum absolute atomic E-state index is 0.0366. The van der Waals surface area contributed by atoms with Crippen LogP contribution < -0.4 is 15.3 Å². The van der Waals surface area contributed by atoms with Gasteiger partial charge in [-0.15, -0.1) is 0 Å². The molecule has 0 fully saturated rings. The summed E-state index contributed by atoms with van der Waals surface area (Å²) in [6, 6.07) is 11.0. The number of unbranched alkanes of at least 4 members (excludes halogenated alkanes) is 2. The molecule has 2 N–H and O–H groups in total. The molecule has 2 rings (SSSR count). The first-order valence-electron chi connectivity index (χ1n) is 11.1. The highest BCUT2D eigenvalue weighted by Crippen LogP contribution is 2.32. The predicted octanol–water partition coefficient (Wildman–Crippen LogP) is 6.17. The summed E-state index contributed by atoms with van der Waals surface area (Å²) in [5.41, 5.74) is 1.24. The summed E-state index contributed by atoms with van der Waals surface area (Å²) in [6.45, 7) is 9.03. The molecular weight excluding hydrogens is 461 g/mol. The van der Waals surface area contributed by atoms with Gasteiger partial charge in [-0.1, -0.05) is 23.2 Å². The van der Waals surface area contributed by atoms with Crippen LogP contribution in [0.2, 0.25) is 10.0 Å². The monoisotopic (exact) mass is 493 g/mol.